The molecule has 0 saturated carbocycles. The van der Waals surface area contributed by atoms with Gasteiger partial charge in [0.2, 0.25) is 5.91 Å². The summed E-state index contributed by atoms with van der Waals surface area (Å²) in [5.41, 5.74) is 0. The molecule has 1 N–H and O–H groups in total. The van der Waals surface area contributed by atoms with Gasteiger partial charge in [-0.15, -0.1) is 0 Å². The van der Waals surface area contributed by atoms with Gasteiger partial charge in [-0.1, -0.05) is 13.8 Å². The van der Waals surface area contributed by atoms with Gasteiger partial charge in [-0.05, 0) is 39.3 Å². The highest BCUT2D eigenvalue weighted by atomic mass is 16.2. The van der Waals surface area contributed by atoms with Crippen molar-refractivity contribution >= 4 is 5.91 Å². The van der Waals surface area contributed by atoms with Crippen LogP contribution in [0.2, 0.25) is 0 Å². The molecule has 2 fully saturated rings. The molecular weight excluding hydrogens is 238 g/mol. The van der Waals surface area contributed by atoms with E-state index >= 15 is 0 Å². The summed E-state index contributed by atoms with van der Waals surface area (Å²) in [6.45, 7) is 7.08. The average molecular weight is 267 g/mol. The molecule has 3 atom stereocenters. The molecule has 2 heterocycles. The normalized spacial score (nSPS) is 29.5. The minimum Gasteiger partial charge on any atom is -0.341 e. The van der Waals surface area contributed by atoms with Crippen LogP contribution in [-0.2, 0) is 4.79 Å². The second-order valence-corrected chi connectivity index (χ2v) is 6.87. The smallest absolute Gasteiger partial charge is 0.227 e. The quantitative estimate of drug-likeness (QED) is 0.785. The molecule has 0 aromatic heterocycles. The Morgan fingerprint density at radius 3 is 2.47 bits per heavy atom. The number of hydrogen-bond acceptors (Lipinski definition) is 3. The van der Waals surface area contributed by atoms with E-state index in [0.717, 1.165) is 26.1 Å². The summed E-state index contributed by atoms with van der Waals surface area (Å²) < 4.78 is 0. The van der Waals surface area contributed by atoms with Crippen LogP contribution in [0.5, 0.6) is 0 Å². The molecule has 4 nitrogen and oxygen atoms in total. The monoisotopic (exact) mass is 267 g/mol. The lowest BCUT2D eigenvalue weighted by molar-refractivity contribution is -0.136. The fraction of sp³-hybridized carbons (Fsp3) is 0.933. The molecule has 1 amide bonds. The molecule has 2 aliphatic rings. The van der Waals surface area contributed by atoms with Crippen LogP contribution < -0.4 is 5.32 Å². The van der Waals surface area contributed by atoms with E-state index in [4.69, 9.17) is 0 Å². The zero-order chi connectivity index (χ0) is 14.0. The van der Waals surface area contributed by atoms with Crippen LogP contribution in [0.25, 0.3) is 0 Å². The predicted molar refractivity (Wildman–Crippen MR) is 78.0 cm³/mol. The van der Waals surface area contributed by atoms with E-state index in [2.05, 4.69) is 43.1 Å². The third-order valence-electron chi connectivity index (χ3n) is 4.33. The van der Waals surface area contributed by atoms with Gasteiger partial charge in [0.05, 0.1) is 5.92 Å². The molecule has 3 unspecified atom stereocenters. The Morgan fingerprint density at radius 1 is 1.26 bits per heavy atom. The highest BCUT2D eigenvalue weighted by Crippen LogP contribution is 2.34. The fourth-order valence-electron chi connectivity index (χ4n) is 3.38. The first kappa shape index (κ1) is 14.8. The Morgan fingerprint density at radius 2 is 2.00 bits per heavy atom. The van der Waals surface area contributed by atoms with Crippen molar-refractivity contribution < 1.29 is 4.79 Å². The van der Waals surface area contributed by atoms with Gasteiger partial charge in [-0.2, -0.15) is 0 Å². The molecule has 19 heavy (non-hydrogen) atoms. The van der Waals surface area contributed by atoms with Gasteiger partial charge >= 0.3 is 0 Å². The van der Waals surface area contributed by atoms with E-state index < -0.39 is 0 Å². The van der Waals surface area contributed by atoms with Gasteiger partial charge in [0.15, 0.2) is 0 Å². The van der Waals surface area contributed by atoms with Crippen LogP contribution in [0.3, 0.4) is 0 Å². The van der Waals surface area contributed by atoms with Gasteiger partial charge in [-0.3, -0.25) is 4.79 Å². The number of carbonyl (C=O) groups excluding carboxylic acids is 1. The predicted octanol–water partition coefficient (Wildman–Crippen LogP) is 1.17. The van der Waals surface area contributed by atoms with Crippen LogP contribution in [0, 0.1) is 11.8 Å². The molecule has 4 heteroatoms. The summed E-state index contributed by atoms with van der Waals surface area (Å²) in [5, 5.41) is 3.57. The molecule has 0 radical (unpaired) electrons. The third-order valence-corrected chi connectivity index (χ3v) is 4.33. The number of rotatable bonds is 6. The van der Waals surface area contributed by atoms with Crippen LogP contribution in [0.4, 0.5) is 0 Å². The summed E-state index contributed by atoms with van der Waals surface area (Å²) in [4.78, 5) is 17.0. The summed E-state index contributed by atoms with van der Waals surface area (Å²) >= 11 is 0. The summed E-state index contributed by atoms with van der Waals surface area (Å²) in [5.74, 6) is 1.16. The van der Waals surface area contributed by atoms with Crippen LogP contribution in [0.15, 0.2) is 0 Å². The van der Waals surface area contributed by atoms with Gasteiger partial charge < -0.3 is 15.1 Å². The minimum absolute atomic E-state index is 0.236. The lowest BCUT2D eigenvalue weighted by atomic mass is 9.88. The zero-order valence-corrected chi connectivity index (χ0v) is 12.9. The van der Waals surface area contributed by atoms with Crippen molar-refractivity contribution in [3.63, 3.8) is 0 Å². The van der Waals surface area contributed by atoms with Crippen molar-refractivity contribution in [2.45, 2.75) is 45.2 Å². The first-order chi connectivity index (χ1) is 8.97. The van der Waals surface area contributed by atoms with E-state index in [1.54, 1.807) is 0 Å². The second kappa shape index (κ2) is 6.23. The maximum Gasteiger partial charge on any atom is 0.227 e. The van der Waals surface area contributed by atoms with Crippen molar-refractivity contribution in [2.75, 3.05) is 33.7 Å². The molecule has 110 valence electrons. The van der Waals surface area contributed by atoms with Crippen LogP contribution in [-0.4, -0.2) is 61.5 Å². The Balaban J connectivity index is 1.94. The highest BCUT2D eigenvalue weighted by molar-refractivity contribution is 5.80. The number of amides is 1. The SMILES string of the molecule is CC(C)CN(CCN(C)C)C(=O)C1CC2CCC1N2. The van der Waals surface area contributed by atoms with E-state index in [1.807, 2.05) is 0 Å². The van der Waals surface area contributed by atoms with E-state index in [9.17, 15) is 4.79 Å². The number of nitrogens with one attached hydrogen (secondary N) is 1. The minimum atomic E-state index is 0.236. The largest absolute Gasteiger partial charge is 0.341 e. The Bertz CT molecular complexity index is 317. The van der Waals surface area contributed by atoms with Gasteiger partial charge in [-0.25, -0.2) is 0 Å². The molecular formula is C15H29N3O. The average Bonchev–Trinajstić information content (AvgIpc) is 2.95. The van der Waals surface area contributed by atoms with Gasteiger partial charge in [0, 0.05) is 31.7 Å². The molecule has 2 bridgehead atoms. The first-order valence-electron chi connectivity index (χ1n) is 7.67. The Kier molecular flexibility index (Phi) is 4.85. The topological polar surface area (TPSA) is 35.6 Å². The lowest BCUT2D eigenvalue weighted by Gasteiger charge is -2.31. The Labute approximate surface area is 117 Å². The maximum atomic E-state index is 12.8. The summed E-state index contributed by atoms with van der Waals surface area (Å²) in [6.07, 6.45) is 3.50. The second-order valence-electron chi connectivity index (χ2n) is 6.87. The van der Waals surface area contributed by atoms with Crippen LogP contribution >= 0.6 is 0 Å². The van der Waals surface area contributed by atoms with Crippen molar-refractivity contribution in [1.29, 1.82) is 0 Å². The van der Waals surface area contributed by atoms with E-state index in [1.165, 1.54) is 12.8 Å². The van der Waals surface area contributed by atoms with Crippen LogP contribution in [0.1, 0.15) is 33.1 Å². The Hall–Kier alpha value is -0.610. The van der Waals surface area contributed by atoms with Gasteiger partial charge in [0.1, 0.15) is 0 Å². The van der Waals surface area contributed by atoms with E-state index in [0.29, 0.717) is 23.9 Å². The molecule has 0 spiro atoms. The van der Waals surface area contributed by atoms with Crippen molar-refractivity contribution in [2.24, 2.45) is 11.8 Å². The van der Waals surface area contributed by atoms with Crippen molar-refractivity contribution in [1.82, 2.24) is 15.1 Å². The summed E-state index contributed by atoms with van der Waals surface area (Å²) in [6, 6.07) is 1.06. The van der Waals surface area contributed by atoms with Crippen molar-refractivity contribution in [3.8, 4) is 0 Å². The molecule has 2 saturated heterocycles. The zero-order valence-electron chi connectivity index (χ0n) is 12.9. The number of fused-ring (bicyclic) bond motifs is 2. The van der Waals surface area contributed by atoms with E-state index in [-0.39, 0.29) is 5.92 Å². The molecule has 2 rings (SSSR count). The highest BCUT2D eigenvalue weighted by Gasteiger charge is 2.44. The molecule has 2 aliphatic heterocycles. The fourth-order valence-corrected chi connectivity index (χ4v) is 3.38. The molecule has 0 aliphatic carbocycles. The van der Waals surface area contributed by atoms with Gasteiger partial charge in [0.25, 0.3) is 0 Å². The van der Waals surface area contributed by atoms with Crippen molar-refractivity contribution in [3.05, 3.63) is 0 Å². The maximum absolute atomic E-state index is 12.8. The third kappa shape index (κ3) is 3.69. The lowest BCUT2D eigenvalue weighted by Crippen LogP contribution is -2.45. The first-order valence-corrected chi connectivity index (χ1v) is 7.67. The number of likely N-dealkylation sites (N-methyl/N-ethyl adjacent to an activating group) is 1. The summed E-state index contributed by atoms with van der Waals surface area (Å²) in [7, 11) is 4.13. The number of hydrogen-bond donors (Lipinski definition) is 1. The molecule has 0 aromatic carbocycles. The standard InChI is InChI=1S/C15H29N3O/c1-11(2)10-18(8-7-17(3)4)15(19)13-9-12-5-6-14(13)16-12/h11-14,16H,5-10H2,1-4H3. The number of carbonyl (C=O) groups is 1. The number of nitrogens with zero attached hydrogens (tertiary/aromatic N) is 2. The molecule has 0 aromatic rings.